The zero-order valence-electron chi connectivity index (χ0n) is 9.42. The summed E-state index contributed by atoms with van der Waals surface area (Å²) in [6.45, 7) is 1.66. The summed E-state index contributed by atoms with van der Waals surface area (Å²) in [5, 5.41) is 0. The first-order chi connectivity index (χ1) is 8.34. The van der Waals surface area contributed by atoms with Crippen LogP contribution in [-0.2, 0) is 9.53 Å². The lowest BCUT2D eigenvalue weighted by Crippen LogP contribution is -2.20. The van der Waals surface area contributed by atoms with Crippen molar-refractivity contribution in [2.45, 2.75) is 13.1 Å². The summed E-state index contributed by atoms with van der Waals surface area (Å²) in [7, 11) is 0. The van der Waals surface area contributed by atoms with E-state index in [1.165, 1.54) is 12.1 Å². The molecule has 0 unspecified atom stereocenters. The van der Waals surface area contributed by atoms with Gasteiger partial charge in [0, 0.05) is 11.6 Å². The molecule has 0 N–H and O–H groups in total. The van der Waals surface area contributed by atoms with Gasteiger partial charge in [-0.2, -0.15) is 13.2 Å². The smallest absolute Gasteiger partial charge is 0.454 e. The maximum absolute atomic E-state index is 12.7. The van der Waals surface area contributed by atoms with Crippen LogP contribution in [0.1, 0.15) is 12.5 Å². The Morgan fingerprint density at radius 3 is 2.28 bits per heavy atom. The van der Waals surface area contributed by atoms with Crippen LogP contribution in [0.4, 0.5) is 17.6 Å². The summed E-state index contributed by atoms with van der Waals surface area (Å²) in [6, 6.07) is 4.61. The molecule has 0 aliphatic heterocycles. The summed E-state index contributed by atoms with van der Waals surface area (Å²) < 4.78 is 54.0. The van der Waals surface area contributed by atoms with Crippen molar-refractivity contribution in [3.8, 4) is 0 Å². The predicted molar refractivity (Wildman–Crippen MR) is 57.1 cm³/mol. The molecule has 0 heterocycles. The van der Waals surface area contributed by atoms with E-state index in [2.05, 4.69) is 0 Å². The summed E-state index contributed by atoms with van der Waals surface area (Å²) in [4.78, 5) is 10.8. The van der Waals surface area contributed by atoms with Gasteiger partial charge in [-0.05, 0) is 31.2 Å². The van der Waals surface area contributed by atoms with Gasteiger partial charge in [-0.25, -0.2) is 4.39 Å². The second-order valence-electron chi connectivity index (χ2n) is 3.31. The lowest BCUT2D eigenvalue weighted by molar-refractivity contribution is -0.165. The van der Waals surface area contributed by atoms with Gasteiger partial charge in [0.1, 0.15) is 11.6 Å². The highest BCUT2D eigenvalue weighted by Gasteiger charge is 2.37. The standard InChI is InChI=1S/C12H10F4O2/c1-2-18-10(7-11(17)12(14,15)16)8-3-5-9(13)6-4-8/h3-7H,2H2,1H3/b10-7-. The lowest BCUT2D eigenvalue weighted by atomic mass is 10.1. The van der Waals surface area contributed by atoms with Crippen molar-refractivity contribution < 1.29 is 27.1 Å². The average molecular weight is 262 g/mol. The van der Waals surface area contributed by atoms with E-state index in [1.54, 1.807) is 6.92 Å². The highest BCUT2D eigenvalue weighted by Crippen LogP contribution is 2.22. The molecule has 6 heteroatoms. The van der Waals surface area contributed by atoms with E-state index < -0.39 is 17.8 Å². The third-order valence-corrected chi connectivity index (χ3v) is 1.97. The molecule has 18 heavy (non-hydrogen) atoms. The van der Waals surface area contributed by atoms with E-state index in [4.69, 9.17) is 4.74 Å². The summed E-state index contributed by atoms with van der Waals surface area (Å²) >= 11 is 0. The van der Waals surface area contributed by atoms with E-state index in [-0.39, 0.29) is 17.9 Å². The highest BCUT2D eigenvalue weighted by molar-refractivity contribution is 5.99. The fourth-order valence-electron chi connectivity index (χ4n) is 1.18. The zero-order chi connectivity index (χ0) is 13.8. The Bertz CT molecular complexity index is 446. The lowest BCUT2D eigenvalue weighted by Gasteiger charge is -2.09. The Morgan fingerprint density at radius 1 is 1.28 bits per heavy atom. The molecule has 0 bridgehead atoms. The van der Waals surface area contributed by atoms with Crippen molar-refractivity contribution in [1.29, 1.82) is 0 Å². The Kier molecular flexibility index (Phi) is 4.47. The number of ether oxygens (including phenoxy) is 1. The number of benzene rings is 1. The molecule has 0 aliphatic rings. The number of alkyl halides is 3. The average Bonchev–Trinajstić information content (AvgIpc) is 2.28. The van der Waals surface area contributed by atoms with Crippen LogP contribution in [0.15, 0.2) is 30.3 Å². The second kappa shape index (κ2) is 5.66. The molecule has 0 fully saturated rings. The molecule has 2 nitrogen and oxygen atoms in total. The molecule has 0 saturated heterocycles. The predicted octanol–water partition coefficient (Wildman–Crippen LogP) is 3.33. The molecule has 0 amide bonds. The first-order valence-corrected chi connectivity index (χ1v) is 5.06. The summed E-state index contributed by atoms with van der Waals surface area (Å²) in [5.41, 5.74) is 0.204. The van der Waals surface area contributed by atoms with Crippen LogP contribution in [0.3, 0.4) is 0 Å². The molecule has 1 rings (SSSR count). The van der Waals surface area contributed by atoms with Gasteiger partial charge in [-0.3, -0.25) is 4.79 Å². The van der Waals surface area contributed by atoms with E-state index in [1.807, 2.05) is 0 Å². The van der Waals surface area contributed by atoms with Crippen molar-refractivity contribution in [2.24, 2.45) is 0 Å². The number of halogens is 4. The third-order valence-electron chi connectivity index (χ3n) is 1.97. The summed E-state index contributed by atoms with van der Waals surface area (Å²) in [6.07, 6.45) is -4.60. The molecule has 0 atom stereocenters. The van der Waals surface area contributed by atoms with Crippen molar-refractivity contribution >= 4 is 11.5 Å². The zero-order valence-corrected chi connectivity index (χ0v) is 9.42. The van der Waals surface area contributed by atoms with Crippen molar-refractivity contribution in [1.82, 2.24) is 0 Å². The number of allylic oxidation sites excluding steroid dienone is 1. The van der Waals surface area contributed by atoms with Crippen LogP contribution in [0.25, 0.3) is 5.76 Å². The molecular weight excluding hydrogens is 252 g/mol. The van der Waals surface area contributed by atoms with Gasteiger partial charge in [-0.15, -0.1) is 0 Å². The van der Waals surface area contributed by atoms with Crippen LogP contribution in [0, 0.1) is 5.82 Å². The van der Waals surface area contributed by atoms with Gasteiger partial charge in [0.05, 0.1) is 6.61 Å². The topological polar surface area (TPSA) is 26.3 Å². The Hall–Kier alpha value is -1.85. The SMILES string of the molecule is CCO/C(=C\C(=O)C(F)(F)F)c1ccc(F)cc1. The molecule has 98 valence electrons. The summed E-state index contributed by atoms with van der Waals surface area (Å²) in [5.74, 6) is -2.79. The number of rotatable bonds is 4. The number of carbonyl (C=O) groups excluding carboxylic acids is 1. The molecule has 0 aromatic heterocycles. The Morgan fingerprint density at radius 2 is 1.83 bits per heavy atom. The minimum atomic E-state index is -4.96. The normalized spacial score (nSPS) is 12.4. The van der Waals surface area contributed by atoms with Crippen LogP contribution in [0.5, 0.6) is 0 Å². The van der Waals surface area contributed by atoms with E-state index in [0.29, 0.717) is 6.08 Å². The van der Waals surface area contributed by atoms with E-state index in [9.17, 15) is 22.4 Å². The van der Waals surface area contributed by atoms with Crippen LogP contribution in [-0.4, -0.2) is 18.6 Å². The number of hydrogen-bond acceptors (Lipinski definition) is 2. The van der Waals surface area contributed by atoms with Crippen LogP contribution >= 0.6 is 0 Å². The van der Waals surface area contributed by atoms with Crippen molar-refractivity contribution in [2.75, 3.05) is 6.61 Å². The number of ketones is 1. The third kappa shape index (κ3) is 3.87. The Labute approximate surface area is 101 Å². The van der Waals surface area contributed by atoms with Gasteiger partial charge in [0.25, 0.3) is 5.78 Å². The first kappa shape index (κ1) is 14.2. The van der Waals surface area contributed by atoms with Crippen LogP contribution in [0.2, 0.25) is 0 Å². The molecule has 0 radical (unpaired) electrons. The maximum Gasteiger partial charge on any atom is 0.454 e. The Balaban J connectivity index is 3.06. The maximum atomic E-state index is 12.7. The molecule has 1 aromatic carbocycles. The van der Waals surface area contributed by atoms with Crippen molar-refractivity contribution in [3.63, 3.8) is 0 Å². The van der Waals surface area contributed by atoms with E-state index >= 15 is 0 Å². The molecule has 0 spiro atoms. The van der Waals surface area contributed by atoms with Gasteiger partial charge < -0.3 is 4.74 Å². The van der Waals surface area contributed by atoms with Gasteiger partial charge in [0.15, 0.2) is 0 Å². The number of hydrogen-bond donors (Lipinski definition) is 0. The molecular formula is C12H10F4O2. The largest absolute Gasteiger partial charge is 0.493 e. The number of carbonyl (C=O) groups is 1. The van der Waals surface area contributed by atoms with Crippen molar-refractivity contribution in [3.05, 3.63) is 41.7 Å². The molecule has 0 aliphatic carbocycles. The highest BCUT2D eigenvalue weighted by atomic mass is 19.4. The molecule has 1 aromatic rings. The fraction of sp³-hybridized carbons (Fsp3) is 0.250. The minimum absolute atomic E-state index is 0.0916. The van der Waals surface area contributed by atoms with Gasteiger partial charge in [-0.1, -0.05) is 0 Å². The molecule has 0 saturated carbocycles. The quantitative estimate of drug-likeness (QED) is 0.472. The van der Waals surface area contributed by atoms with Gasteiger partial charge in [0.2, 0.25) is 0 Å². The monoisotopic (exact) mass is 262 g/mol. The van der Waals surface area contributed by atoms with Crippen LogP contribution < -0.4 is 0 Å². The second-order valence-corrected chi connectivity index (χ2v) is 3.31. The fourth-order valence-corrected chi connectivity index (χ4v) is 1.18. The van der Waals surface area contributed by atoms with E-state index in [0.717, 1.165) is 12.1 Å². The first-order valence-electron chi connectivity index (χ1n) is 5.06. The minimum Gasteiger partial charge on any atom is -0.493 e. The van der Waals surface area contributed by atoms with Gasteiger partial charge >= 0.3 is 6.18 Å².